The maximum atomic E-state index is 9.00. The van der Waals surface area contributed by atoms with E-state index in [9.17, 15) is 0 Å². The van der Waals surface area contributed by atoms with E-state index in [1.165, 1.54) is 0 Å². The smallest absolute Gasteiger partial charge is 0.150 e. The van der Waals surface area contributed by atoms with Crippen LogP contribution in [0.4, 0.5) is 11.5 Å². The molecule has 1 aromatic heterocycles. The third kappa shape index (κ3) is 3.58. The second-order valence-electron chi connectivity index (χ2n) is 3.57. The molecule has 0 spiro atoms. The van der Waals surface area contributed by atoms with Gasteiger partial charge in [0.2, 0.25) is 0 Å². The molecular formula is C10H20N4O3. The minimum absolute atomic E-state index is 0.00506. The summed E-state index contributed by atoms with van der Waals surface area (Å²) < 4.78 is 6.70. The summed E-state index contributed by atoms with van der Waals surface area (Å²) in [5, 5.41) is 22.1. The number of nitrogen functional groups attached to an aromatic ring is 1. The lowest BCUT2D eigenvalue weighted by Gasteiger charge is -2.24. The topological polar surface area (TPSA) is 96.8 Å². The van der Waals surface area contributed by atoms with Gasteiger partial charge in [-0.3, -0.25) is 0 Å². The Morgan fingerprint density at radius 3 is 2.59 bits per heavy atom. The molecule has 0 aliphatic heterocycles. The number of aromatic nitrogens is 2. The molecule has 0 atom stereocenters. The number of aliphatic hydroxyl groups excluding tert-OH is 2. The summed E-state index contributed by atoms with van der Waals surface area (Å²) in [6.45, 7) is 1.91. The Kier molecular flexibility index (Phi) is 5.75. The van der Waals surface area contributed by atoms with Crippen LogP contribution in [-0.2, 0) is 11.3 Å². The molecule has 4 N–H and O–H groups in total. The number of nitrogens with zero attached hydrogens (tertiary/aromatic N) is 3. The zero-order chi connectivity index (χ0) is 12.7. The molecule has 0 saturated carbocycles. The van der Waals surface area contributed by atoms with E-state index in [1.54, 1.807) is 22.9 Å². The lowest BCUT2D eigenvalue weighted by molar-refractivity contribution is 0.183. The number of rotatable bonds is 8. The van der Waals surface area contributed by atoms with E-state index in [4.69, 9.17) is 20.7 Å². The number of nitrogens with two attached hydrogens (primary N) is 1. The predicted octanol–water partition coefficient (Wildman–Crippen LogP) is -1.10. The van der Waals surface area contributed by atoms with Gasteiger partial charge in [-0.15, -0.1) is 0 Å². The molecule has 0 amide bonds. The van der Waals surface area contributed by atoms with Crippen LogP contribution >= 0.6 is 0 Å². The van der Waals surface area contributed by atoms with Gasteiger partial charge in [0.15, 0.2) is 5.82 Å². The van der Waals surface area contributed by atoms with E-state index >= 15 is 0 Å². The molecule has 98 valence electrons. The third-order valence-electron chi connectivity index (χ3n) is 2.39. The number of methoxy groups -OCH3 is 1. The van der Waals surface area contributed by atoms with Crippen LogP contribution in [0, 0.1) is 0 Å². The lowest BCUT2D eigenvalue weighted by atomic mass is 10.4. The molecule has 0 aliphatic carbocycles. The first-order valence-electron chi connectivity index (χ1n) is 5.51. The maximum absolute atomic E-state index is 9.00. The van der Waals surface area contributed by atoms with E-state index < -0.39 is 0 Å². The largest absolute Gasteiger partial charge is 0.395 e. The van der Waals surface area contributed by atoms with Crippen molar-refractivity contribution in [1.82, 2.24) is 9.78 Å². The number of anilines is 2. The van der Waals surface area contributed by atoms with Gasteiger partial charge < -0.3 is 25.6 Å². The van der Waals surface area contributed by atoms with E-state index in [0.29, 0.717) is 37.7 Å². The van der Waals surface area contributed by atoms with Crippen molar-refractivity contribution in [2.24, 2.45) is 0 Å². The number of ether oxygens (including phenoxy) is 1. The van der Waals surface area contributed by atoms with E-state index in [1.807, 2.05) is 0 Å². The summed E-state index contributed by atoms with van der Waals surface area (Å²) >= 11 is 0. The lowest BCUT2D eigenvalue weighted by Crippen LogP contribution is -2.32. The number of hydrogen-bond acceptors (Lipinski definition) is 6. The standard InChI is InChI=1S/C10H20N4O3/c1-17-7-4-14-10(9(11)8-12-14)13(2-5-15)3-6-16/h8,15-16H,2-7,11H2,1H3. The molecule has 0 aliphatic rings. The summed E-state index contributed by atoms with van der Waals surface area (Å²) in [6, 6.07) is 0. The highest BCUT2D eigenvalue weighted by Crippen LogP contribution is 2.22. The second-order valence-corrected chi connectivity index (χ2v) is 3.57. The Bertz CT molecular complexity index is 323. The van der Waals surface area contributed by atoms with Crippen LogP contribution in [0.3, 0.4) is 0 Å². The summed E-state index contributed by atoms with van der Waals surface area (Å²) in [7, 11) is 1.62. The summed E-state index contributed by atoms with van der Waals surface area (Å²) in [6.07, 6.45) is 1.56. The Balaban J connectivity index is 2.86. The Morgan fingerprint density at radius 2 is 2.06 bits per heavy atom. The highest BCUT2D eigenvalue weighted by Gasteiger charge is 2.15. The average Bonchev–Trinajstić information content (AvgIpc) is 2.67. The normalized spacial score (nSPS) is 10.8. The molecule has 17 heavy (non-hydrogen) atoms. The van der Waals surface area contributed by atoms with Crippen molar-refractivity contribution in [2.75, 3.05) is 50.7 Å². The number of hydrogen-bond donors (Lipinski definition) is 3. The SMILES string of the molecule is COCCn1ncc(N)c1N(CCO)CCO. The van der Waals surface area contributed by atoms with Crippen molar-refractivity contribution >= 4 is 11.5 Å². The van der Waals surface area contributed by atoms with Gasteiger partial charge in [-0.25, -0.2) is 4.68 Å². The fraction of sp³-hybridized carbons (Fsp3) is 0.700. The minimum atomic E-state index is -0.00506. The Morgan fingerprint density at radius 1 is 1.41 bits per heavy atom. The van der Waals surface area contributed by atoms with E-state index in [-0.39, 0.29) is 13.2 Å². The molecule has 7 nitrogen and oxygen atoms in total. The van der Waals surface area contributed by atoms with Crippen LogP contribution in [0.1, 0.15) is 0 Å². The van der Waals surface area contributed by atoms with Crippen LogP contribution < -0.4 is 10.6 Å². The van der Waals surface area contributed by atoms with Gasteiger partial charge in [-0.2, -0.15) is 5.10 Å². The summed E-state index contributed by atoms with van der Waals surface area (Å²) in [4.78, 5) is 1.80. The molecule has 7 heteroatoms. The molecule has 0 unspecified atom stereocenters. The molecule has 1 rings (SSSR count). The van der Waals surface area contributed by atoms with Crippen LogP contribution in [0.15, 0.2) is 6.20 Å². The average molecular weight is 244 g/mol. The Labute approximate surface area is 100 Å². The molecule has 0 saturated heterocycles. The van der Waals surface area contributed by atoms with Crippen molar-refractivity contribution in [3.63, 3.8) is 0 Å². The van der Waals surface area contributed by atoms with Gasteiger partial charge in [-0.1, -0.05) is 0 Å². The third-order valence-corrected chi connectivity index (χ3v) is 2.39. The molecule has 0 aromatic carbocycles. The van der Waals surface area contributed by atoms with Crippen LogP contribution in [0.5, 0.6) is 0 Å². The maximum Gasteiger partial charge on any atom is 0.150 e. The molecule has 1 aromatic rings. The summed E-state index contributed by atoms with van der Waals surface area (Å²) in [5.74, 6) is 0.713. The summed E-state index contributed by atoms with van der Waals surface area (Å²) in [5.41, 5.74) is 6.38. The Hall–Kier alpha value is -1.31. The fourth-order valence-electron chi connectivity index (χ4n) is 1.65. The van der Waals surface area contributed by atoms with Crippen molar-refractivity contribution < 1.29 is 14.9 Å². The molecular weight excluding hydrogens is 224 g/mol. The van der Waals surface area contributed by atoms with Gasteiger partial charge >= 0.3 is 0 Å². The van der Waals surface area contributed by atoms with E-state index in [0.717, 1.165) is 0 Å². The molecule has 0 bridgehead atoms. The molecule has 0 radical (unpaired) electrons. The van der Waals surface area contributed by atoms with Crippen LogP contribution in [0.2, 0.25) is 0 Å². The fourth-order valence-corrected chi connectivity index (χ4v) is 1.65. The highest BCUT2D eigenvalue weighted by molar-refractivity contribution is 5.62. The van der Waals surface area contributed by atoms with Gasteiger partial charge in [0.05, 0.1) is 38.2 Å². The minimum Gasteiger partial charge on any atom is -0.395 e. The first-order chi connectivity index (χ1) is 8.24. The highest BCUT2D eigenvalue weighted by atomic mass is 16.5. The van der Waals surface area contributed by atoms with Gasteiger partial charge in [0.1, 0.15) is 0 Å². The van der Waals surface area contributed by atoms with Gasteiger partial charge in [0, 0.05) is 20.2 Å². The van der Waals surface area contributed by atoms with Crippen LogP contribution in [0.25, 0.3) is 0 Å². The molecule has 0 fully saturated rings. The predicted molar refractivity (Wildman–Crippen MR) is 64.9 cm³/mol. The van der Waals surface area contributed by atoms with Crippen molar-refractivity contribution in [3.8, 4) is 0 Å². The van der Waals surface area contributed by atoms with Crippen molar-refractivity contribution in [1.29, 1.82) is 0 Å². The monoisotopic (exact) mass is 244 g/mol. The van der Waals surface area contributed by atoms with Gasteiger partial charge in [0.25, 0.3) is 0 Å². The zero-order valence-electron chi connectivity index (χ0n) is 10.0. The van der Waals surface area contributed by atoms with Gasteiger partial charge in [-0.05, 0) is 0 Å². The zero-order valence-corrected chi connectivity index (χ0v) is 10.0. The molecule has 1 heterocycles. The van der Waals surface area contributed by atoms with Crippen molar-refractivity contribution in [3.05, 3.63) is 6.20 Å². The quantitative estimate of drug-likeness (QED) is 0.537. The first kappa shape index (κ1) is 13.8. The number of aliphatic hydroxyl groups is 2. The van der Waals surface area contributed by atoms with E-state index in [2.05, 4.69) is 5.10 Å². The second kappa shape index (κ2) is 7.10. The van der Waals surface area contributed by atoms with Crippen molar-refractivity contribution in [2.45, 2.75) is 6.54 Å². The first-order valence-corrected chi connectivity index (χ1v) is 5.51. The van der Waals surface area contributed by atoms with Crippen LogP contribution in [-0.4, -0.2) is 60.0 Å².